The molecule has 3 N–H and O–H groups in total. The van der Waals surface area contributed by atoms with Crippen molar-refractivity contribution in [1.29, 1.82) is 0 Å². The van der Waals surface area contributed by atoms with E-state index in [-0.39, 0.29) is 6.04 Å². The monoisotopic (exact) mass is 264 g/mol. The molecule has 3 aromatic rings. The SMILES string of the molecule is Cc1cccnc1C(NN)c1cccc2cccnc12. The van der Waals surface area contributed by atoms with E-state index in [4.69, 9.17) is 5.84 Å². The highest BCUT2D eigenvalue weighted by Crippen LogP contribution is 2.27. The Bertz CT molecular complexity index is 734. The molecule has 0 bridgehead atoms. The van der Waals surface area contributed by atoms with Crippen LogP contribution in [0.5, 0.6) is 0 Å². The third-order valence-electron chi connectivity index (χ3n) is 3.46. The summed E-state index contributed by atoms with van der Waals surface area (Å²) in [7, 11) is 0. The molecule has 0 spiro atoms. The fourth-order valence-corrected chi connectivity index (χ4v) is 2.48. The molecule has 0 aliphatic rings. The van der Waals surface area contributed by atoms with Gasteiger partial charge in [0.05, 0.1) is 17.3 Å². The summed E-state index contributed by atoms with van der Waals surface area (Å²) in [6, 6.07) is 13.9. The lowest BCUT2D eigenvalue weighted by Gasteiger charge is -2.19. The summed E-state index contributed by atoms with van der Waals surface area (Å²) in [6.45, 7) is 2.03. The zero-order valence-corrected chi connectivity index (χ0v) is 11.2. The first-order valence-corrected chi connectivity index (χ1v) is 6.52. The van der Waals surface area contributed by atoms with Crippen molar-refractivity contribution in [3.63, 3.8) is 0 Å². The van der Waals surface area contributed by atoms with Gasteiger partial charge in [0.2, 0.25) is 0 Å². The second-order valence-electron chi connectivity index (χ2n) is 4.73. The summed E-state index contributed by atoms with van der Waals surface area (Å²) < 4.78 is 0. The van der Waals surface area contributed by atoms with Crippen LogP contribution in [0.3, 0.4) is 0 Å². The van der Waals surface area contributed by atoms with E-state index in [0.29, 0.717) is 0 Å². The van der Waals surface area contributed by atoms with Crippen LogP contribution in [0.25, 0.3) is 10.9 Å². The first kappa shape index (κ1) is 12.7. The van der Waals surface area contributed by atoms with E-state index in [1.165, 1.54) is 0 Å². The highest BCUT2D eigenvalue weighted by atomic mass is 15.2. The van der Waals surface area contributed by atoms with Gasteiger partial charge in [-0.3, -0.25) is 15.8 Å². The number of nitrogens with one attached hydrogen (secondary N) is 1. The van der Waals surface area contributed by atoms with Crippen molar-refractivity contribution in [3.05, 3.63) is 71.7 Å². The number of nitrogens with zero attached hydrogens (tertiary/aromatic N) is 2. The van der Waals surface area contributed by atoms with Gasteiger partial charge in [0.25, 0.3) is 0 Å². The minimum Gasteiger partial charge on any atom is -0.271 e. The van der Waals surface area contributed by atoms with Crippen LogP contribution in [0.1, 0.15) is 22.9 Å². The smallest absolute Gasteiger partial charge is 0.0905 e. The summed E-state index contributed by atoms with van der Waals surface area (Å²) in [5, 5.41) is 1.10. The van der Waals surface area contributed by atoms with Gasteiger partial charge in [0, 0.05) is 23.3 Å². The van der Waals surface area contributed by atoms with Gasteiger partial charge in [0.1, 0.15) is 0 Å². The highest BCUT2D eigenvalue weighted by Gasteiger charge is 2.18. The van der Waals surface area contributed by atoms with Crippen LogP contribution in [-0.2, 0) is 0 Å². The third kappa shape index (κ3) is 2.15. The minimum absolute atomic E-state index is 0.171. The Morgan fingerprint density at radius 3 is 2.55 bits per heavy atom. The van der Waals surface area contributed by atoms with E-state index < -0.39 is 0 Å². The van der Waals surface area contributed by atoms with Crippen LogP contribution in [-0.4, -0.2) is 9.97 Å². The van der Waals surface area contributed by atoms with E-state index in [9.17, 15) is 0 Å². The molecule has 0 radical (unpaired) electrons. The predicted octanol–water partition coefficient (Wildman–Crippen LogP) is 2.49. The van der Waals surface area contributed by atoms with Crippen LogP contribution >= 0.6 is 0 Å². The second kappa shape index (κ2) is 5.36. The zero-order chi connectivity index (χ0) is 13.9. The van der Waals surface area contributed by atoms with Gasteiger partial charge in [-0.2, -0.15) is 0 Å². The van der Waals surface area contributed by atoms with E-state index in [1.54, 1.807) is 12.4 Å². The van der Waals surface area contributed by atoms with Crippen LogP contribution in [0.15, 0.2) is 54.9 Å². The Labute approximate surface area is 117 Å². The van der Waals surface area contributed by atoms with E-state index >= 15 is 0 Å². The van der Waals surface area contributed by atoms with Gasteiger partial charge in [-0.1, -0.05) is 30.3 Å². The molecule has 20 heavy (non-hydrogen) atoms. The predicted molar refractivity (Wildman–Crippen MR) is 79.9 cm³/mol. The van der Waals surface area contributed by atoms with Crippen LogP contribution in [0, 0.1) is 6.92 Å². The average molecular weight is 264 g/mol. The molecule has 0 aliphatic heterocycles. The fourth-order valence-electron chi connectivity index (χ4n) is 2.48. The molecule has 2 aromatic heterocycles. The number of hydrogen-bond acceptors (Lipinski definition) is 4. The van der Waals surface area contributed by atoms with E-state index in [2.05, 4.69) is 15.4 Å². The Morgan fingerprint density at radius 1 is 1.00 bits per heavy atom. The van der Waals surface area contributed by atoms with Gasteiger partial charge in [-0.25, -0.2) is 5.43 Å². The molecule has 0 saturated carbocycles. The topological polar surface area (TPSA) is 63.8 Å². The zero-order valence-electron chi connectivity index (χ0n) is 11.2. The van der Waals surface area contributed by atoms with Crippen molar-refractivity contribution >= 4 is 10.9 Å². The number of nitrogens with two attached hydrogens (primary N) is 1. The summed E-state index contributed by atoms with van der Waals surface area (Å²) in [5.74, 6) is 5.78. The minimum atomic E-state index is -0.171. The van der Waals surface area contributed by atoms with Crippen molar-refractivity contribution < 1.29 is 0 Å². The van der Waals surface area contributed by atoms with Gasteiger partial charge in [0.15, 0.2) is 0 Å². The normalized spacial score (nSPS) is 12.5. The third-order valence-corrected chi connectivity index (χ3v) is 3.46. The quantitative estimate of drug-likeness (QED) is 0.563. The first-order valence-electron chi connectivity index (χ1n) is 6.52. The molecule has 0 saturated heterocycles. The molecule has 1 atom stereocenters. The number of hydrazine groups is 1. The van der Waals surface area contributed by atoms with Crippen molar-refractivity contribution in [2.45, 2.75) is 13.0 Å². The molecule has 1 aromatic carbocycles. The maximum Gasteiger partial charge on any atom is 0.0905 e. The van der Waals surface area contributed by atoms with Crippen LogP contribution in [0.2, 0.25) is 0 Å². The molecule has 4 heteroatoms. The van der Waals surface area contributed by atoms with Gasteiger partial charge in [-0.05, 0) is 24.6 Å². The Hall–Kier alpha value is -2.30. The Balaban J connectivity index is 2.20. The first-order chi connectivity index (χ1) is 9.81. The second-order valence-corrected chi connectivity index (χ2v) is 4.73. The number of aryl methyl sites for hydroxylation is 1. The molecule has 0 aliphatic carbocycles. The fraction of sp³-hybridized carbons (Fsp3) is 0.125. The van der Waals surface area contributed by atoms with Crippen molar-refractivity contribution in [2.75, 3.05) is 0 Å². The Morgan fingerprint density at radius 2 is 1.75 bits per heavy atom. The molecule has 1 unspecified atom stereocenters. The summed E-state index contributed by atoms with van der Waals surface area (Å²) in [6.07, 6.45) is 3.58. The maximum atomic E-state index is 5.78. The number of rotatable bonds is 3. The lowest BCUT2D eigenvalue weighted by atomic mass is 9.98. The molecule has 100 valence electrons. The summed E-state index contributed by atoms with van der Waals surface area (Å²) >= 11 is 0. The van der Waals surface area contributed by atoms with Crippen LogP contribution in [0.4, 0.5) is 0 Å². The molecule has 0 fully saturated rings. The van der Waals surface area contributed by atoms with Gasteiger partial charge >= 0.3 is 0 Å². The molecule has 4 nitrogen and oxygen atoms in total. The standard InChI is InChI=1S/C16H16N4/c1-11-5-3-9-18-14(11)16(20-17)13-8-2-6-12-7-4-10-19-15(12)13/h2-10,16,20H,17H2,1H3. The lowest BCUT2D eigenvalue weighted by Crippen LogP contribution is -2.30. The molecular formula is C16H16N4. The van der Waals surface area contributed by atoms with E-state index in [0.717, 1.165) is 27.7 Å². The number of para-hydroxylation sites is 1. The van der Waals surface area contributed by atoms with Crippen molar-refractivity contribution in [2.24, 2.45) is 5.84 Å². The van der Waals surface area contributed by atoms with Gasteiger partial charge in [-0.15, -0.1) is 0 Å². The number of pyridine rings is 2. The number of aromatic nitrogens is 2. The number of benzene rings is 1. The number of fused-ring (bicyclic) bond motifs is 1. The molecule has 0 amide bonds. The largest absolute Gasteiger partial charge is 0.271 e. The van der Waals surface area contributed by atoms with E-state index in [1.807, 2.05) is 49.4 Å². The lowest BCUT2D eigenvalue weighted by molar-refractivity contribution is 0.620. The maximum absolute atomic E-state index is 5.78. The van der Waals surface area contributed by atoms with Crippen molar-refractivity contribution in [3.8, 4) is 0 Å². The number of hydrogen-bond donors (Lipinski definition) is 2. The average Bonchev–Trinajstić information content (AvgIpc) is 2.50. The highest BCUT2D eigenvalue weighted by molar-refractivity contribution is 5.82. The van der Waals surface area contributed by atoms with Gasteiger partial charge < -0.3 is 0 Å². The molecule has 3 rings (SSSR count). The molecule has 2 heterocycles. The van der Waals surface area contributed by atoms with Crippen LogP contribution < -0.4 is 11.3 Å². The Kier molecular flexibility index (Phi) is 3.41. The summed E-state index contributed by atoms with van der Waals surface area (Å²) in [4.78, 5) is 8.94. The van der Waals surface area contributed by atoms with Crippen molar-refractivity contribution in [1.82, 2.24) is 15.4 Å². The summed E-state index contributed by atoms with van der Waals surface area (Å²) in [5.41, 5.74) is 6.87. The molecular weight excluding hydrogens is 248 g/mol.